The quantitative estimate of drug-likeness (QED) is 0.394. The number of hydrazone groups is 1. The van der Waals surface area contributed by atoms with Crippen molar-refractivity contribution in [2.45, 2.75) is 6.18 Å². The van der Waals surface area contributed by atoms with E-state index in [1.807, 2.05) is 0 Å². The number of phenols is 1. The van der Waals surface area contributed by atoms with Crippen LogP contribution in [-0.4, -0.2) is 21.2 Å². The molecule has 142 valence electrons. The second kappa shape index (κ2) is 7.57. The molecular formula is C14H8BrF3N4O5. The van der Waals surface area contributed by atoms with E-state index in [0.717, 1.165) is 18.3 Å². The van der Waals surface area contributed by atoms with Crippen molar-refractivity contribution in [1.29, 1.82) is 0 Å². The van der Waals surface area contributed by atoms with Gasteiger partial charge >= 0.3 is 11.9 Å². The van der Waals surface area contributed by atoms with Crippen LogP contribution in [0.4, 0.5) is 30.2 Å². The number of rotatable bonds is 5. The summed E-state index contributed by atoms with van der Waals surface area (Å²) in [5, 5.41) is 35.0. The number of benzene rings is 2. The third-order valence-electron chi connectivity index (χ3n) is 3.18. The summed E-state index contributed by atoms with van der Waals surface area (Å²) in [7, 11) is 0. The lowest BCUT2D eigenvalue weighted by Crippen LogP contribution is -2.06. The van der Waals surface area contributed by atoms with Crippen molar-refractivity contribution in [3.05, 3.63) is 66.2 Å². The van der Waals surface area contributed by atoms with Crippen LogP contribution in [0.1, 0.15) is 11.1 Å². The summed E-state index contributed by atoms with van der Waals surface area (Å²) in [5.41, 5.74) is -0.590. The predicted molar refractivity (Wildman–Crippen MR) is 91.8 cm³/mol. The Bertz CT molecular complexity index is 949. The second-order valence-corrected chi connectivity index (χ2v) is 5.84. The average Bonchev–Trinajstić information content (AvgIpc) is 2.56. The molecule has 0 bridgehead atoms. The Balaban J connectivity index is 2.31. The minimum atomic E-state index is -4.75. The lowest BCUT2D eigenvalue weighted by molar-refractivity contribution is -0.386. The van der Waals surface area contributed by atoms with Crippen LogP contribution in [0.5, 0.6) is 5.75 Å². The highest BCUT2D eigenvalue weighted by atomic mass is 79.9. The Morgan fingerprint density at radius 1 is 1.11 bits per heavy atom. The first kappa shape index (κ1) is 20.1. The van der Waals surface area contributed by atoms with Crippen LogP contribution in [-0.2, 0) is 6.18 Å². The molecule has 0 atom stereocenters. The van der Waals surface area contributed by atoms with Gasteiger partial charge < -0.3 is 5.11 Å². The first-order chi connectivity index (χ1) is 12.5. The fourth-order valence-electron chi connectivity index (χ4n) is 1.95. The first-order valence-corrected chi connectivity index (χ1v) is 7.61. The maximum Gasteiger partial charge on any atom is 0.416 e. The van der Waals surface area contributed by atoms with Gasteiger partial charge in [0.25, 0.3) is 5.69 Å². The molecule has 0 amide bonds. The molecule has 2 N–H and O–H groups in total. The minimum absolute atomic E-state index is 0.0126. The van der Waals surface area contributed by atoms with Gasteiger partial charge in [-0.1, -0.05) is 0 Å². The number of aromatic hydroxyl groups is 1. The van der Waals surface area contributed by atoms with E-state index < -0.39 is 38.7 Å². The predicted octanol–water partition coefficient (Wildman–Crippen LogP) is 4.44. The molecule has 0 aromatic heterocycles. The SMILES string of the molecule is O=[N+]([O-])c1cc(C(F)(F)F)ccc1N/N=C/c1cc(Br)c(O)c([N+](=O)[O-])c1. The lowest BCUT2D eigenvalue weighted by atomic mass is 10.1. The number of nitro groups is 2. The van der Waals surface area contributed by atoms with Crippen molar-refractivity contribution in [3.63, 3.8) is 0 Å². The van der Waals surface area contributed by atoms with Gasteiger partial charge in [-0.3, -0.25) is 25.7 Å². The van der Waals surface area contributed by atoms with E-state index in [1.165, 1.54) is 6.07 Å². The summed E-state index contributed by atoms with van der Waals surface area (Å²) >= 11 is 2.93. The molecule has 2 aromatic carbocycles. The highest BCUT2D eigenvalue weighted by Gasteiger charge is 2.33. The number of hydrogen-bond acceptors (Lipinski definition) is 7. The molecule has 0 heterocycles. The fraction of sp³-hybridized carbons (Fsp3) is 0.0714. The summed E-state index contributed by atoms with van der Waals surface area (Å²) in [6.07, 6.45) is -3.71. The van der Waals surface area contributed by atoms with Crippen LogP contribution < -0.4 is 5.43 Å². The van der Waals surface area contributed by atoms with Crippen molar-refractivity contribution >= 4 is 39.2 Å². The van der Waals surface area contributed by atoms with Gasteiger partial charge in [-0.25, -0.2) is 0 Å². The molecule has 9 nitrogen and oxygen atoms in total. The summed E-state index contributed by atoms with van der Waals surface area (Å²) < 4.78 is 38.0. The van der Waals surface area contributed by atoms with Crippen LogP contribution in [0.2, 0.25) is 0 Å². The van der Waals surface area contributed by atoms with Crippen molar-refractivity contribution in [2.75, 3.05) is 5.43 Å². The molecule has 0 saturated carbocycles. The van der Waals surface area contributed by atoms with Crippen molar-refractivity contribution in [3.8, 4) is 5.75 Å². The van der Waals surface area contributed by atoms with Gasteiger partial charge in [0.2, 0.25) is 5.75 Å². The maximum atomic E-state index is 12.7. The zero-order chi connectivity index (χ0) is 20.4. The lowest BCUT2D eigenvalue weighted by Gasteiger charge is -2.08. The van der Waals surface area contributed by atoms with Crippen molar-refractivity contribution in [2.24, 2.45) is 5.10 Å². The number of hydrogen-bond donors (Lipinski definition) is 2. The summed E-state index contributed by atoms with van der Waals surface area (Å²) in [6, 6.07) is 4.13. The van der Waals surface area contributed by atoms with Gasteiger partial charge in [0.15, 0.2) is 0 Å². The molecule has 27 heavy (non-hydrogen) atoms. The van der Waals surface area contributed by atoms with Crippen molar-refractivity contribution < 1.29 is 28.1 Å². The summed E-state index contributed by atoms with van der Waals surface area (Å²) in [6.45, 7) is 0. The summed E-state index contributed by atoms with van der Waals surface area (Å²) in [4.78, 5) is 20.0. The number of nitrogens with one attached hydrogen (secondary N) is 1. The fourth-order valence-corrected chi connectivity index (χ4v) is 2.42. The standard InChI is InChI=1S/C14H8BrF3N4O5/c15-9-3-7(4-12(13(9)23)22(26)27)6-19-20-10-2-1-8(14(16,17)18)5-11(10)21(24)25/h1-6,20,23H/b19-6+. The van der Waals surface area contributed by atoms with Crippen LogP contribution in [0, 0.1) is 20.2 Å². The smallest absolute Gasteiger partial charge is 0.416 e. The highest BCUT2D eigenvalue weighted by Crippen LogP contribution is 2.36. The third kappa shape index (κ3) is 4.69. The van der Waals surface area contributed by atoms with Gasteiger partial charge in [0.05, 0.1) is 26.1 Å². The number of phenolic OH excluding ortho intramolecular Hbond substituents is 1. The van der Waals surface area contributed by atoms with E-state index in [4.69, 9.17) is 0 Å². The van der Waals surface area contributed by atoms with E-state index in [1.54, 1.807) is 0 Å². The van der Waals surface area contributed by atoms with E-state index >= 15 is 0 Å². The monoisotopic (exact) mass is 448 g/mol. The molecule has 13 heteroatoms. The molecule has 2 aromatic rings. The Morgan fingerprint density at radius 3 is 2.30 bits per heavy atom. The Kier molecular flexibility index (Phi) is 5.64. The molecule has 0 radical (unpaired) electrons. The van der Waals surface area contributed by atoms with Crippen LogP contribution in [0.25, 0.3) is 0 Å². The number of alkyl halides is 3. The van der Waals surface area contributed by atoms with E-state index in [-0.39, 0.29) is 15.7 Å². The molecule has 0 spiro atoms. The number of nitro benzene ring substituents is 2. The Hall–Kier alpha value is -3.22. The van der Waals surface area contributed by atoms with Gasteiger partial charge in [0.1, 0.15) is 5.69 Å². The second-order valence-electron chi connectivity index (χ2n) is 4.98. The Morgan fingerprint density at radius 2 is 1.74 bits per heavy atom. The third-order valence-corrected chi connectivity index (χ3v) is 3.79. The topological polar surface area (TPSA) is 131 Å². The van der Waals surface area contributed by atoms with Gasteiger partial charge in [-0.2, -0.15) is 18.3 Å². The van der Waals surface area contributed by atoms with Gasteiger partial charge in [-0.05, 0) is 34.1 Å². The number of nitrogens with zero attached hydrogens (tertiary/aromatic N) is 3. The number of halogens is 4. The molecule has 0 aliphatic heterocycles. The van der Waals surface area contributed by atoms with Gasteiger partial charge in [-0.15, -0.1) is 0 Å². The van der Waals surface area contributed by atoms with E-state index in [9.17, 15) is 38.5 Å². The molecule has 0 unspecified atom stereocenters. The Labute approximate surface area is 156 Å². The van der Waals surface area contributed by atoms with Crippen molar-refractivity contribution in [1.82, 2.24) is 0 Å². The average molecular weight is 449 g/mol. The molecule has 0 aliphatic carbocycles. The molecule has 0 saturated heterocycles. The maximum absolute atomic E-state index is 12.7. The van der Waals surface area contributed by atoms with E-state index in [2.05, 4.69) is 26.5 Å². The normalized spacial score (nSPS) is 11.6. The summed E-state index contributed by atoms with van der Waals surface area (Å²) in [5.74, 6) is -0.594. The molecular weight excluding hydrogens is 441 g/mol. The first-order valence-electron chi connectivity index (χ1n) is 6.82. The molecule has 0 fully saturated rings. The molecule has 2 rings (SSSR count). The van der Waals surface area contributed by atoms with Crippen LogP contribution >= 0.6 is 15.9 Å². The zero-order valence-corrected chi connectivity index (χ0v) is 14.5. The zero-order valence-electron chi connectivity index (χ0n) is 12.9. The van der Waals surface area contributed by atoms with E-state index in [0.29, 0.717) is 12.1 Å². The molecule has 0 aliphatic rings. The van der Waals surface area contributed by atoms with Crippen LogP contribution in [0.15, 0.2) is 39.9 Å². The minimum Gasteiger partial charge on any atom is -0.501 e. The largest absolute Gasteiger partial charge is 0.501 e. The van der Waals surface area contributed by atoms with Gasteiger partial charge in [0, 0.05) is 17.7 Å². The highest BCUT2D eigenvalue weighted by molar-refractivity contribution is 9.10. The van der Waals surface area contributed by atoms with Crippen LogP contribution in [0.3, 0.4) is 0 Å². The number of anilines is 1.